The number of amides is 1. The Kier molecular flexibility index (Phi) is 7.39. The maximum atomic E-state index is 11.8. The van der Waals surface area contributed by atoms with E-state index in [1.165, 1.54) is 6.08 Å². The molecule has 0 radical (unpaired) electrons. The van der Waals surface area contributed by atoms with Gasteiger partial charge in [-0.1, -0.05) is 25.1 Å². The molecule has 118 valence electrons. The lowest BCUT2D eigenvalue weighted by molar-refractivity contribution is -0.142. The zero-order chi connectivity index (χ0) is 16.4. The fourth-order valence-electron chi connectivity index (χ4n) is 1.56. The molecule has 6 nitrogen and oxygen atoms in total. The lowest BCUT2D eigenvalue weighted by Crippen LogP contribution is -2.21. The third-order valence-corrected chi connectivity index (χ3v) is 2.53. The molecule has 6 heteroatoms. The number of hydrogen-bond acceptors (Lipinski definition) is 5. The second-order valence-corrected chi connectivity index (χ2v) is 4.23. The maximum Gasteiger partial charge on any atom is 0.340 e. The third kappa shape index (κ3) is 5.78. The Hall–Kier alpha value is -2.63. The van der Waals surface area contributed by atoms with Crippen LogP contribution < -0.4 is 5.32 Å². The molecule has 0 aliphatic carbocycles. The molecular formula is C16H19NO5. The number of carbonyl (C=O) groups is 3. The Labute approximate surface area is 129 Å². The molecule has 0 aromatic heterocycles. The van der Waals surface area contributed by atoms with E-state index in [9.17, 15) is 14.4 Å². The second-order valence-electron chi connectivity index (χ2n) is 4.23. The number of ether oxygens (including phenoxy) is 2. The second kappa shape index (κ2) is 9.33. The molecule has 0 fully saturated rings. The van der Waals surface area contributed by atoms with Gasteiger partial charge < -0.3 is 14.8 Å². The normalized spacial score (nSPS) is 10.3. The van der Waals surface area contributed by atoms with Crippen molar-refractivity contribution >= 4 is 23.5 Å². The fraction of sp³-hybridized carbons (Fsp3) is 0.312. The predicted octanol–water partition coefficient (Wildman–Crippen LogP) is 2.31. The van der Waals surface area contributed by atoms with E-state index < -0.39 is 24.5 Å². The number of hydrogen-bond donors (Lipinski definition) is 1. The fourth-order valence-corrected chi connectivity index (χ4v) is 1.56. The van der Waals surface area contributed by atoms with Gasteiger partial charge in [-0.2, -0.15) is 0 Å². The first-order valence-electron chi connectivity index (χ1n) is 6.97. The molecular weight excluding hydrogens is 286 g/mol. The molecule has 0 aliphatic rings. The zero-order valence-electron chi connectivity index (χ0n) is 12.6. The van der Waals surface area contributed by atoms with Gasteiger partial charge in [0.05, 0.1) is 17.9 Å². The van der Waals surface area contributed by atoms with Crippen molar-refractivity contribution in [2.45, 2.75) is 20.3 Å². The van der Waals surface area contributed by atoms with Gasteiger partial charge >= 0.3 is 11.9 Å². The lowest BCUT2D eigenvalue weighted by atomic mass is 10.2. The Morgan fingerprint density at radius 3 is 2.55 bits per heavy atom. The van der Waals surface area contributed by atoms with Crippen molar-refractivity contribution < 1.29 is 23.9 Å². The molecule has 1 aromatic rings. The number of para-hydroxylation sites is 1. The van der Waals surface area contributed by atoms with Crippen molar-refractivity contribution in [3.8, 4) is 0 Å². The molecule has 0 heterocycles. The van der Waals surface area contributed by atoms with Crippen molar-refractivity contribution in [3.63, 3.8) is 0 Å². The molecule has 0 unspecified atom stereocenters. The van der Waals surface area contributed by atoms with Crippen LogP contribution in [0.3, 0.4) is 0 Å². The van der Waals surface area contributed by atoms with Crippen LogP contribution in [0.5, 0.6) is 0 Å². The minimum Gasteiger partial charge on any atom is -0.462 e. The molecule has 1 amide bonds. The number of esters is 2. The SMILES string of the molecule is CC/C=C/C(=O)OCC(=O)Nc1ccccc1C(=O)OCC. The van der Waals surface area contributed by atoms with E-state index >= 15 is 0 Å². The van der Waals surface area contributed by atoms with Gasteiger partial charge in [0.25, 0.3) is 5.91 Å². The largest absolute Gasteiger partial charge is 0.462 e. The Balaban J connectivity index is 2.63. The van der Waals surface area contributed by atoms with E-state index in [0.29, 0.717) is 12.1 Å². The standard InChI is InChI=1S/C16H19NO5/c1-3-5-10-15(19)22-11-14(18)17-13-9-7-6-8-12(13)16(20)21-4-2/h5-10H,3-4,11H2,1-2H3,(H,17,18)/b10-5+. The van der Waals surface area contributed by atoms with Gasteiger partial charge in [0.15, 0.2) is 6.61 Å². The number of rotatable bonds is 7. The molecule has 0 saturated carbocycles. The molecule has 0 bridgehead atoms. The van der Waals surface area contributed by atoms with E-state index in [2.05, 4.69) is 5.32 Å². The summed E-state index contributed by atoms with van der Waals surface area (Å²) in [6, 6.07) is 6.46. The summed E-state index contributed by atoms with van der Waals surface area (Å²) in [5.74, 6) is -1.65. The molecule has 1 rings (SSSR count). The monoisotopic (exact) mass is 305 g/mol. The van der Waals surface area contributed by atoms with Gasteiger partial charge in [0.2, 0.25) is 0 Å². The quantitative estimate of drug-likeness (QED) is 0.617. The first kappa shape index (κ1) is 17.4. The van der Waals surface area contributed by atoms with Crippen molar-refractivity contribution in [2.75, 3.05) is 18.5 Å². The van der Waals surface area contributed by atoms with Crippen LogP contribution in [0.25, 0.3) is 0 Å². The summed E-state index contributed by atoms with van der Waals surface area (Å²) in [5, 5.41) is 2.52. The van der Waals surface area contributed by atoms with E-state index in [1.54, 1.807) is 37.3 Å². The van der Waals surface area contributed by atoms with Crippen LogP contribution in [-0.4, -0.2) is 31.1 Å². The summed E-state index contributed by atoms with van der Waals surface area (Å²) in [4.78, 5) is 34.8. The number of allylic oxidation sites excluding steroid dienone is 1. The summed E-state index contributed by atoms with van der Waals surface area (Å²) < 4.78 is 9.68. The van der Waals surface area contributed by atoms with Crippen LogP contribution >= 0.6 is 0 Å². The minimum absolute atomic E-state index is 0.239. The summed E-state index contributed by atoms with van der Waals surface area (Å²) in [6.45, 7) is 3.39. The molecule has 1 N–H and O–H groups in total. The van der Waals surface area contributed by atoms with Crippen LogP contribution in [0.2, 0.25) is 0 Å². The van der Waals surface area contributed by atoms with Gasteiger partial charge in [-0.05, 0) is 25.5 Å². The first-order chi connectivity index (χ1) is 10.6. The zero-order valence-corrected chi connectivity index (χ0v) is 12.6. The summed E-state index contributed by atoms with van der Waals surface area (Å²) >= 11 is 0. The Morgan fingerprint density at radius 2 is 1.86 bits per heavy atom. The number of anilines is 1. The Morgan fingerprint density at radius 1 is 1.14 bits per heavy atom. The average molecular weight is 305 g/mol. The van der Waals surface area contributed by atoms with Crippen LogP contribution in [0.15, 0.2) is 36.4 Å². The van der Waals surface area contributed by atoms with E-state index in [0.717, 1.165) is 0 Å². The number of benzene rings is 1. The highest BCUT2D eigenvalue weighted by Gasteiger charge is 2.14. The topological polar surface area (TPSA) is 81.7 Å². The van der Waals surface area contributed by atoms with Gasteiger partial charge in [0, 0.05) is 6.08 Å². The lowest BCUT2D eigenvalue weighted by Gasteiger charge is -2.10. The van der Waals surface area contributed by atoms with Gasteiger partial charge in [-0.15, -0.1) is 0 Å². The third-order valence-electron chi connectivity index (χ3n) is 2.53. The summed E-state index contributed by atoms with van der Waals surface area (Å²) in [5.41, 5.74) is 0.556. The van der Waals surface area contributed by atoms with Crippen molar-refractivity contribution in [1.29, 1.82) is 0 Å². The molecule has 0 saturated heterocycles. The van der Waals surface area contributed by atoms with Crippen LogP contribution in [0.1, 0.15) is 30.6 Å². The predicted molar refractivity (Wildman–Crippen MR) is 81.4 cm³/mol. The molecule has 1 aromatic carbocycles. The van der Waals surface area contributed by atoms with E-state index in [-0.39, 0.29) is 12.2 Å². The van der Waals surface area contributed by atoms with Crippen LogP contribution in [0.4, 0.5) is 5.69 Å². The molecule has 0 spiro atoms. The summed E-state index contributed by atoms with van der Waals surface area (Å²) in [6.07, 6.45) is 3.60. The highest BCUT2D eigenvalue weighted by atomic mass is 16.5. The average Bonchev–Trinajstić information content (AvgIpc) is 2.51. The van der Waals surface area contributed by atoms with E-state index in [1.807, 2.05) is 6.92 Å². The highest BCUT2D eigenvalue weighted by Crippen LogP contribution is 2.16. The highest BCUT2D eigenvalue weighted by molar-refractivity contribution is 6.02. The van der Waals surface area contributed by atoms with Gasteiger partial charge in [-0.3, -0.25) is 4.79 Å². The minimum atomic E-state index is -0.587. The van der Waals surface area contributed by atoms with Gasteiger partial charge in [-0.25, -0.2) is 9.59 Å². The Bertz CT molecular complexity index is 565. The van der Waals surface area contributed by atoms with Crippen LogP contribution in [-0.2, 0) is 19.1 Å². The maximum absolute atomic E-state index is 11.8. The van der Waals surface area contributed by atoms with Crippen LogP contribution in [0, 0.1) is 0 Å². The van der Waals surface area contributed by atoms with Crippen molar-refractivity contribution in [3.05, 3.63) is 42.0 Å². The van der Waals surface area contributed by atoms with E-state index in [4.69, 9.17) is 9.47 Å². The van der Waals surface area contributed by atoms with Crippen molar-refractivity contribution in [1.82, 2.24) is 0 Å². The molecule has 22 heavy (non-hydrogen) atoms. The molecule has 0 atom stereocenters. The smallest absolute Gasteiger partial charge is 0.340 e. The summed E-state index contributed by atoms with van der Waals surface area (Å²) in [7, 11) is 0. The number of nitrogens with one attached hydrogen (secondary N) is 1. The van der Waals surface area contributed by atoms with Gasteiger partial charge in [0.1, 0.15) is 0 Å². The molecule has 0 aliphatic heterocycles. The number of carbonyl (C=O) groups excluding carboxylic acids is 3. The first-order valence-corrected chi connectivity index (χ1v) is 6.97. The van der Waals surface area contributed by atoms with Crippen molar-refractivity contribution in [2.24, 2.45) is 0 Å².